The molecule has 0 aliphatic carbocycles. The maximum Gasteiger partial charge on any atom is 0.309 e. The van der Waals surface area contributed by atoms with E-state index in [1.54, 1.807) is 24.3 Å². The zero-order valence-corrected chi connectivity index (χ0v) is 19.3. The predicted octanol–water partition coefficient (Wildman–Crippen LogP) is -0.0339. The Morgan fingerprint density at radius 1 is 0.857 bits per heavy atom. The summed E-state index contributed by atoms with van der Waals surface area (Å²) in [5, 5.41) is 4.95. The van der Waals surface area contributed by atoms with Gasteiger partial charge in [-0.2, -0.15) is 4.31 Å². The van der Waals surface area contributed by atoms with Gasteiger partial charge in [0.1, 0.15) is 19.4 Å². The number of hydrogen-bond donors (Lipinski definition) is 2. The van der Waals surface area contributed by atoms with Crippen LogP contribution in [-0.2, 0) is 30.9 Å². The Morgan fingerprint density at radius 3 is 2.40 bits per heavy atom. The number of rotatable bonds is 6. The van der Waals surface area contributed by atoms with Crippen LogP contribution in [0.3, 0.4) is 0 Å². The van der Waals surface area contributed by atoms with E-state index in [2.05, 4.69) is 10.6 Å². The van der Waals surface area contributed by atoms with Gasteiger partial charge in [-0.1, -0.05) is 6.07 Å². The molecule has 186 valence electrons. The second-order valence-corrected chi connectivity index (χ2v) is 9.72. The molecule has 0 spiro atoms. The lowest BCUT2D eigenvalue weighted by Crippen LogP contribution is -2.47. The van der Waals surface area contributed by atoms with Crippen molar-refractivity contribution in [2.24, 2.45) is 0 Å². The van der Waals surface area contributed by atoms with Crippen molar-refractivity contribution in [1.29, 1.82) is 0 Å². The Labute approximate surface area is 201 Å². The summed E-state index contributed by atoms with van der Waals surface area (Å²) in [6.07, 6.45) is -0.959. The molecule has 1 atom stereocenters. The standard InChI is InChI=1S/C22H23N3O9S/c26-21(23-11-14-1-3-17-18(9-14)34-13-33-17)22(27)24-12-20-25(5-6-32-20)35(28,29)15-2-4-16-19(10-15)31-8-7-30-16/h1-4,9-10,20H,5-8,11-13H2,(H,23,26)(H,24,27). The van der Waals surface area contributed by atoms with E-state index in [1.165, 1.54) is 12.1 Å². The van der Waals surface area contributed by atoms with Gasteiger partial charge < -0.3 is 34.3 Å². The van der Waals surface area contributed by atoms with Crippen molar-refractivity contribution in [3.05, 3.63) is 42.0 Å². The van der Waals surface area contributed by atoms with Crippen molar-refractivity contribution >= 4 is 21.8 Å². The van der Waals surface area contributed by atoms with E-state index in [1.807, 2.05) is 0 Å². The summed E-state index contributed by atoms with van der Waals surface area (Å²) in [5.74, 6) is 0.244. The van der Waals surface area contributed by atoms with Crippen LogP contribution in [0.1, 0.15) is 5.56 Å². The molecule has 2 aromatic carbocycles. The highest BCUT2D eigenvalue weighted by Gasteiger charge is 2.37. The molecule has 3 heterocycles. The van der Waals surface area contributed by atoms with Gasteiger partial charge in [-0.05, 0) is 29.8 Å². The second kappa shape index (κ2) is 9.60. The van der Waals surface area contributed by atoms with Gasteiger partial charge in [-0.25, -0.2) is 8.42 Å². The van der Waals surface area contributed by atoms with Crippen LogP contribution in [0.25, 0.3) is 0 Å². The Balaban J connectivity index is 1.17. The molecule has 2 aromatic rings. The third-order valence-corrected chi connectivity index (χ3v) is 7.48. The number of sulfonamides is 1. The fourth-order valence-electron chi connectivity index (χ4n) is 3.83. The van der Waals surface area contributed by atoms with E-state index >= 15 is 0 Å². The average molecular weight is 506 g/mol. The number of nitrogens with zero attached hydrogens (tertiary/aromatic N) is 1. The van der Waals surface area contributed by atoms with Crippen LogP contribution in [-0.4, -0.2) is 70.5 Å². The summed E-state index contributed by atoms with van der Waals surface area (Å²) < 4.78 is 54.5. The highest BCUT2D eigenvalue weighted by atomic mass is 32.2. The molecule has 0 bridgehead atoms. The number of hydrogen-bond acceptors (Lipinski definition) is 9. The first kappa shape index (κ1) is 23.2. The minimum atomic E-state index is -3.94. The second-order valence-electron chi connectivity index (χ2n) is 7.83. The van der Waals surface area contributed by atoms with Crippen molar-refractivity contribution in [3.63, 3.8) is 0 Å². The van der Waals surface area contributed by atoms with Crippen LogP contribution in [0.4, 0.5) is 0 Å². The van der Waals surface area contributed by atoms with Crippen molar-refractivity contribution in [3.8, 4) is 23.0 Å². The summed E-state index contributed by atoms with van der Waals surface area (Å²) in [6, 6.07) is 9.56. The third-order valence-electron chi connectivity index (χ3n) is 5.60. The molecule has 5 rings (SSSR count). The van der Waals surface area contributed by atoms with Gasteiger partial charge in [-0.3, -0.25) is 9.59 Å². The third kappa shape index (κ3) is 4.83. The van der Waals surface area contributed by atoms with Crippen LogP contribution in [0.2, 0.25) is 0 Å². The van der Waals surface area contributed by atoms with Crippen LogP contribution in [0.15, 0.2) is 41.3 Å². The molecule has 1 unspecified atom stereocenters. The van der Waals surface area contributed by atoms with Gasteiger partial charge in [-0.15, -0.1) is 0 Å². The van der Waals surface area contributed by atoms with Crippen LogP contribution >= 0.6 is 0 Å². The molecule has 1 fully saturated rings. The highest BCUT2D eigenvalue weighted by Crippen LogP contribution is 2.34. The van der Waals surface area contributed by atoms with E-state index in [4.69, 9.17) is 23.7 Å². The summed E-state index contributed by atoms with van der Waals surface area (Å²) in [6.45, 7) is 1.03. The topological polar surface area (TPSA) is 142 Å². The molecule has 2 N–H and O–H groups in total. The Bertz CT molecular complexity index is 1250. The highest BCUT2D eigenvalue weighted by molar-refractivity contribution is 7.89. The van der Waals surface area contributed by atoms with Crippen molar-refractivity contribution in [2.75, 3.05) is 39.7 Å². The number of ether oxygens (including phenoxy) is 5. The van der Waals surface area contributed by atoms with Crippen LogP contribution < -0.4 is 29.6 Å². The van der Waals surface area contributed by atoms with E-state index in [0.717, 1.165) is 9.87 Å². The summed E-state index contributed by atoms with van der Waals surface area (Å²) in [7, 11) is -3.94. The summed E-state index contributed by atoms with van der Waals surface area (Å²) in [5.41, 5.74) is 0.728. The van der Waals surface area contributed by atoms with E-state index in [-0.39, 0.29) is 37.9 Å². The SMILES string of the molecule is O=C(NCc1ccc2c(c1)OCO2)C(=O)NCC1OCCN1S(=O)(=O)c1ccc2c(c1)OCCO2. The van der Waals surface area contributed by atoms with Gasteiger partial charge >= 0.3 is 11.8 Å². The van der Waals surface area contributed by atoms with Crippen LogP contribution in [0.5, 0.6) is 23.0 Å². The van der Waals surface area contributed by atoms with Crippen molar-refractivity contribution in [2.45, 2.75) is 17.7 Å². The molecule has 1 saturated heterocycles. The molecular formula is C22H23N3O9S. The fraction of sp³-hybridized carbons (Fsp3) is 0.364. The largest absolute Gasteiger partial charge is 0.486 e. The lowest BCUT2D eigenvalue weighted by atomic mass is 10.2. The number of carbonyl (C=O) groups excluding carboxylic acids is 2. The summed E-state index contributed by atoms with van der Waals surface area (Å²) >= 11 is 0. The normalized spacial score (nSPS) is 18.8. The number of benzene rings is 2. The molecule has 0 aromatic heterocycles. The number of carbonyl (C=O) groups is 2. The first-order valence-electron chi connectivity index (χ1n) is 10.9. The van der Waals surface area contributed by atoms with Gasteiger partial charge in [0.05, 0.1) is 18.0 Å². The Hall–Kier alpha value is -3.55. The smallest absolute Gasteiger partial charge is 0.309 e. The van der Waals surface area contributed by atoms with Crippen LogP contribution in [0, 0.1) is 0 Å². The van der Waals surface area contributed by atoms with E-state index in [0.29, 0.717) is 36.2 Å². The van der Waals surface area contributed by atoms with Crippen molar-refractivity contribution < 1.29 is 41.7 Å². The molecule has 0 saturated carbocycles. The maximum absolute atomic E-state index is 13.2. The van der Waals surface area contributed by atoms with Gasteiger partial charge in [0.2, 0.25) is 16.8 Å². The maximum atomic E-state index is 13.2. The fourth-order valence-corrected chi connectivity index (χ4v) is 5.36. The minimum Gasteiger partial charge on any atom is -0.486 e. The lowest BCUT2D eigenvalue weighted by molar-refractivity contribution is -0.139. The molecule has 3 aliphatic rings. The molecule has 2 amide bonds. The zero-order valence-electron chi connectivity index (χ0n) is 18.5. The number of amides is 2. The Morgan fingerprint density at radius 2 is 1.54 bits per heavy atom. The number of nitrogens with one attached hydrogen (secondary N) is 2. The minimum absolute atomic E-state index is 0.0186. The van der Waals surface area contributed by atoms with E-state index < -0.39 is 28.1 Å². The molecule has 0 radical (unpaired) electrons. The molecule has 12 nitrogen and oxygen atoms in total. The van der Waals surface area contributed by atoms with Gasteiger partial charge in [0.15, 0.2) is 23.0 Å². The predicted molar refractivity (Wildman–Crippen MR) is 118 cm³/mol. The lowest BCUT2D eigenvalue weighted by Gasteiger charge is -2.24. The first-order valence-corrected chi connectivity index (χ1v) is 12.3. The summed E-state index contributed by atoms with van der Waals surface area (Å²) in [4.78, 5) is 24.5. The molecule has 13 heteroatoms. The zero-order chi connectivity index (χ0) is 24.4. The van der Waals surface area contributed by atoms with Crippen molar-refractivity contribution in [1.82, 2.24) is 14.9 Å². The Kier molecular flexibility index (Phi) is 6.36. The molecular weight excluding hydrogens is 482 g/mol. The molecule has 3 aliphatic heterocycles. The quantitative estimate of drug-likeness (QED) is 0.518. The van der Waals surface area contributed by atoms with E-state index in [9.17, 15) is 18.0 Å². The van der Waals surface area contributed by atoms with Gasteiger partial charge in [0.25, 0.3) is 0 Å². The molecule has 35 heavy (non-hydrogen) atoms. The monoisotopic (exact) mass is 505 g/mol. The van der Waals surface area contributed by atoms with Gasteiger partial charge in [0, 0.05) is 19.2 Å². The number of fused-ring (bicyclic) bond motifs is 2. The first-order chi connectivity index (χ1) is 16.9. The average Bonchev–Trinajstić information content (AvgIpc) is 3.55.